The standard InChI is InChI=1S/C15H20N6O2/c1-11-2-5-17-20(11)7-4-15(22)19-6-3-14-13(9-19)21-12(10-23-14)8-16-18-21/h2,5,8,13-14H,3-4,6-7,9-10H2,1H3/t13-,14-/m0/s1. The smallest absolute Gasteiger partial charge is 0.224 e. The SMILES string of the molecule is Cc1ccnn1CCC(=O)N1CC[C@@H]2OCc3cnnn3[C@H]2C1. The number of amides is 1. The van der Waals surface area contributed by atoms with Gasteiger partial charge in [0.1, 0.15) is 0 Å². The minimum Gasteiger partial charge on any atom is -0.370 e. The molecule has 0 aliphatic carbocycles. The predicted molar refractivity (Wildman–Crippen MR) is 80.4 cm³/mol. The number of aryl methyl sites for hydroxylation is 2. The Bertz CT molecular complexity index is 708. The van der Waals surface area contributed by atoms with E-state index in [2.05, 4.69) is 15.4 Å². The van der Waals surface area contributed by atoms with E-state index in [4.69, 9.17) is 4.74 Å². The van der Waals surface area contributed by atoms with E-state index < -0.39 is 0 Å². The van der Waals surface area contributed by atoms with Gasteiger partial charge in [0.15, 0.2) is 0 Å². The molecule has 8 heteroatoms. The molecule has 0 saturated carbocycles. The molecule has 4 rings (SSSR count). The van der Waals surface area contributed by atoms with Crippen LogP contribution in [0.2, 0.25) is 0 Å². The van der Waals surface area contributed by atoms with E-state index in [0.717, 1.165) is 24.4 Å². The average molecular weight is 316 g/mol. The molecule has 0 N–H and O–H groups in total. The third kappa shape index (κ3) is 2.63. The Labute approximate surface area is 134 Å². The molecule has 1 fully saturated rings. The normalized spacial score (nSPS) is 23.4. The molecule has 2 aromatic heterocycles. The first-order valence-electron chi connectivity index (χ1n) is 7.99. The highest BCUT2D eigenvalue weighted by atomic mass is 16.5. The molecule has 2 aliphatic heterocycles. The summed E-state index contributed by atoms with van der Waals surface area (Å²) < 4.78 is 9.66. The van der Waals surface area contributed by atoms with Crippen LogP contribution in [-0.2, 0) is 22.7 Å². The van der Waals surface area contributed by atoms with Crippen LogP contribution in [-0.4, -0.2) is 54.8 Å². The molecule has 1 amide bonds. The van der Waals surface area contributed by atoms with Gasteiger partial charge in [0.05, 0.1) is 30.6 Å². The molecule has 0 unspecified atom stereocenters. The van der Waals surface area contributed by atoms with Crippen molar-refractivity contribution in [1.82, 2.24) is 29.7 Å². The summed E-state index contributed by atoms with van der Waals surface area (Å²) in [4.78, 5) is 14.4. The van der Waals surface area contributed by atoms with Crippen LogP contribution in [0.1, 0.15) is 30.3 Å². The van der Waals surface area contributed by atoms with E-state index in [1.54, 1.807) is 12.4 Å². The lowest BCUT2D eigenvalue weighted by molar-refractivity contribution is -0.138. The molecule has 0 bridgehead atoms. The Balaban J connectivity index is 1.41. The number of hydrogen-bond donors (Lipinski definition) is 0. The molecule has 122 valence electrons. The molecule has 0 aromatic carbocycles. The van der Waals surface area contributed by atoms with Gasteiger partial charge >= 0.3 is 0 Å². The molecular weight excluding hydrogens is 296 g/mol. The number of carbonyl (C=O) groups excluding carboxylic acids is 1. The summed E-state index contributed by atoms with van der Waals surface area (Å²) >= 11 is 0. The monoisotopic (exact) mass is 316 g/mol. The van der Waals surface area contributed by atoms with Crippen molar-refractivity contribution in [2.24, 2.45) is 0 Å². The highest BCUT2D eigenvalue weighted by molar-refractivity contribution is 5.76. The number of carbonyl (C=O) groups is 1. The number of ether oxygens (including phenoxy) is 1. The van der Waals surface area contributed by atoms with Gasteiger partial charge in [-0.05, 0) is 19.4 Å². The number of likely N-dealkylation sites (tertiary alicyclic amines) is 1. The summed E-state index contributed by atoms with van der Waals surface area (Å²) in [5, 5.41) is 12.4. The molecule has 4 heterocycles. The number of piperidine rings is 1. The molecule has 2 atom stereocenters. The van der Waals surface area contributed by atoms with Crippen molar-refractivity contribution in [1.29, 1.82) is 0 Å². The highest BCUT2D eigenvalue weighted by Gasteiger charge is 2.37. The number of hydrogen-bond acceptors (Lipinski definition) is 5. The van der Waals surface area contributed by atoms with Crippen molar-refractivity contribution >= 4 is 5.91 Å². The van der Waals surface area contributed by atoms with Crippen LogP contribution in [0.3, 0.4) is 0 Å². The summed E-state index contributed by atoms with van der Waals surface area (Å²) in [5.74, 6) is 0.158. The topological polar surface area (TPSA) is 78.1 Å². The Morgan fingerprint density at radius 2 is 2.39 bits per heavy atom. The molecule has 23 heavy (non-hydrogen) atoms. The fourth-order valence-electron chi connectivity index (χ4n) is 3.40. The van der Waals surface area contributed by atoms with Crippen LogP contribution < -0.4 is 0 Å². The Morgan fingerprint density at radius 3 is 3.22 bits per heavy atom. The summed E-state index contributed by atoms with van der Waals surface area (Å²) in [7, 11) is 0. The summed E-state index contributed by atoms with van der Waals surface area (Å²) in [6, 6.07) is 2.02. The van der Waals surface area contributed by atoms with Gasteiger partial charge in [0, 0.05) is 37.9 Å². The van der Waals surface area contributed by atoms with Gasteiger partial charge in [0.25, 0.3) is 0 Å². The molecule has 0 radical (unpaired) electrons. The summed E-state index contributed by atoms with van der Waals surface area (Å²) in [6.07, 6.45) is 4.93. The van der Waals surface area contributed by atoms with Crippen molar-refractivity contribution in [3.63, 3.8) is 0 Å². The van der Waals surface area contributed by atoms with E-state index in [-0.39, 0.29) is 18.1 Å². The Hall–Kier alpha value is -2.22. The first-order chi connectivity index (χ1) is 11.2. The van der Waals surface area contributed by atoms with Crippen molar-refractivity contribution in [3.05, 3.63) is 29.8 Å². The quantitative estimate of drug-likeness (QED) is 0.826. The van der Waals surface area contributed by atoms with Gasteiger partial charge < -0.3 is 9.64 Å². The van der Waals surface area contributed by atoms with Crippen LogP contribution in [0.4, 0.5) is 0 Å². The number of rotatable bonds is 3. The number of nitrogens with zero attached hydrogens (tertiary/aromatic N) is 6. The lowest BCUT2D eigenvalue weighted by Crippen LogP contribution is -2.50. The second-order valence-electron chi connectivity index (χ2n) is 6.16. The fraction of sp³-hybridized carbons (Fsp3) is 0.600. The largest absolute Gasteiger partial charge is 0.370 e. The third-order valence-electron chi connectivity index (χ3n) is 4.75. The maximum absolute atomic E-state index is 12.5. The van der Waals surface area contributed by atoms with Gasteiger partial charge in [0.2, 0.25) is 5.91 Å². The van der Waals surface area contributed by atoms with Crippen molar-refractivity contribution in [2.75, 3.05) is 13.1 Å². The Morgan fingerprint density at radius 1 is 1.48 bits per heavy atom. The first kappa shape index (κ1) is 14.4. The second kappa shape index (κ2) is 5.77. The molecule has 1 saturated heterocycles. The maximum atomic E-state index is 12.5. The minimum atomic E-state index is 0.0744. The van der Waals surface area contributed by atoms with E-state index in [9.17, 15) is 4.79 Å². The highest BCUT2D eigenvalue weighted by Crippen LogP contribution is 2.30. The molecule has 0 spiro atoms. The predicted octanol–water partition coefficient (Wildman–Crippen LogP) is 0.546. The van der Waals surface area contributed by atoms with Crippen molar-refractivity contribution in [3.8, 4) is 0 Å². The van der Waals surface area contributed by atoms with Gasteiger partial charge in [-0.15, -0.1) is 5.10 Å². The zero-order valence-corrected chi connectivity index (χ0v) is 13.1. The second-order valence-corrected chi connectivity index (χ2v) is 6.16. The van der Waals surface area contributed by atoms with E-state index in [1.807, 2.05) is 27.3 Å². The lowest BCUT2D eigenvalue weighted by Gasteiger charge is -2.41. The average Bonchev–Trinajstić information content (AvgIpc) is 3.20. The maximum Gasteiger partial charge on any atom is 0.224 e. The van der Waals surface area contributed by atoms with Gasteiger partial charge in [-0.1, -0.05) is 5.21 Å². The Kier molecular flexibility index (Phi) is 3.60. The van der Waals surface area contributed by atoms with Crippen molar-refractivity contribution in [2.45, 2.75) is 45.1 Å². The molecule has 2 aromatic rings. The molecule has 2 aliphatic rings. The van der Waals surface area contributed by atoms with Gasteiger partial charge in [-0.2, -0.15) is 5.10 Å². The zero-order chi connectivity index (χ0) is 15.8. The van der Waals surface area contributed by atoms with Crippen LogP contribution in [0.15, 0.2) is 18.5 Å². The molecule has 8 nitrogen and oxygen atoms in total. The number of aromatic nitrogens is 5. The lowest BCUT2D eigenvalue weighted by atomic mass is 10.00. The minimum absolute atomic E-state index is 0.0744. The summed E-state index contributed by atoms with van der Waals surface area (Å²) in [5.41, 5.74) is 2.05. The van der Waals surface area contributed by atoms with E-state index >= 15 is 0 Å². The molecular formula is C15H20N6O2. The van der Waals surface area contributed by atoms with Gasteiger partial charge in [-0.25, -0.2) is 4.68 Å². The van der Waals surface area contributed by atoms with Crippen LogP contribution in [0, 0.1) is 6.92 Å². The van der Waals surface area contributed by atoms with E-state index in [0.29, 0.717) is 26.1 Å². The van der Waals surface area contributed by atoms with E-state index in [1.165, 1.54) is 0 Å². The third-order valence-corrected chi connectivity index (χ3v) is 4.75. The number of fused-ring (bicyclic) bond motifs is 3. The summed E-state index contributed by atoms with van der Waals surface area (Å²) in [6.45, 7) is 4.54. The zero-order valence-electron chi connectivity index (χ0n) is 13.1. The van der Waals surface area contributed by atoms with Crippen LogP contribution in [0.25, 0.3) is 0 Å². The van der Waals surface area contributed by atoms with Crippen LogP contribution in [0.5, 0.6) is 0 Å². The first-order valence-corrected chi connectivity index (χ1v) is 7.99. The van der Waals surface area contributed by atoms with Crippen molar-refractivity contribution < 1.29 is 9.53 Å². The van der Waals surface area contributed by atoms with Gasteiger partial charge in [-0.3, -0.25) is 9.48 Å². The fourth-order valence-corrected chi connectivity index (χ4v) is 3.40. The van der Waals surface area contributed by atoms with Crippen LogP contribution >= 0.6 is 0 Å².